The fourth-order valence-corrected chi connectivity index (χ4v) is 8.93. The Morgan fingerprint density at radius 3 is 1.87 bits per heavy atom. The van der Waals surface area contributed by atoms with E-state index in [1.54, 1.807) is 0 Å². The molecule has 2 atom stereocenters. The van der Waals surface area contributed by atoms with Crippen molar-refractivity contribution in [2.75, 3.05) is 6.61 Å². The molecule has 236 valence electrons. The minimum absolute atomic E-state index is 0.0962. The Labute approximate surface area is 279 Å². The van der Waals surface area contributed by atoms with E-state index in [9.17, 15) is 0 Å². The second-order valence-corrected chi connectivity index (χ2v) is 15.7. The lowest BCUT2D eigenvalue weighted by Gasteiger charge is -2.29. The van der Waals surface area contributed by atoms with Gasteiger partial charge in [0.1, 0.15) is 17.5 Å². The summed E-state index contributed by atoms with van der Waals surface area (Å²) in [6, 6.07) is 48.6. The predicted molar refractivity (Wildman–Crippen MR) is 193 cm³/mol. The number of oxazole rings is 1. The van der Waals surface area contributed by atoms with Gasteiger partial charge in [-0.3, -0.25) is 0 Å². The van der Waals surface area contributed by atoms with E-state index in [-0.39, 0.29) is 17.4 Å². The molecule has 1 fully saturated rings. The van der Waals surface area contributed by atoms with Gasteiger partial charge in [0.2, 0.25) is 5.89 Å². The molecule has 5 heteroatoms. The second kappa shape index (κ2) is 13.6. The highest BCUT2D eigenvalue weighted by atomic mass is 28.3. The Morgan fingerprint density at radius 2 is 1.28 bits per heavy atom. The van der Waals surface area contributed by atoms with Gasteiger partial charge in [0.15, 0.2) is 5.76 Å². The van der Waals surface area contributed by atoms with Crippen LogP contribution in [0.1, 0.15) is 50.3 Å². The average Bonchev–Trinajstić information content (AvgIpc) is 3.76. The van der Waals surface area contributed by atoms with Crippen LogP contribution in [0.3, 0.4) is 0 Å². The summed E-state index contributed by atoms with van der Waals surface area (Å²) in [7, 11) is -2.06. The number of para-hydroxylation sites is 1. The molecule has 0 radical (unpaired) electrons. The molecule has 0 N–H and O–H groups in total. The molecular weight excluding hydrogens is 595 g/mol. The summed E-state index contributed by atoms with van der Waals surface area (Å²) >= 11 is 0. The Balaban J connectivity index is 1.26. The van der Waals surface area contributed by atoms with Crippen molar-refractivity contribution >= 4 is 19.4 Å². The molecule has 0 saturated carbocycles. The van der Waals surface area contributed by atoms with E-state index in [0.29, 0.717) is 12.5 Å². The van der Waals surface area contributed by atoms with Gasteiger partial charge >= 0.3 is 0 Å². The first-order chi connectivity index (χ1) is 23.0. The van der Waals surface area contributed by atoms with Crippen LogP contribution in [-0.2, 0) is 16.6 Å². The molecule has 1 saturated heterocycles. The first-order valence-electron chi connectivity index (χ1n) is 16.6. The minimum atomic E-state index is -2.06. The Kier molecular flexibility index (Phi) is 8.92. The quantitative estimate of drug-likeness (QED) is 0.149. The number of hydrogen-bond donors (Lipinski definition) is 0. The number of rotatable bonds is 9. The Hall–Kier alpha value is -4.71. The summed E-state index contributed by atoms with van der Waals surface area (Å²) in [5.74, 6) is 2.62. The lowest BCUT2D eigenvalue weighted by molar-refractivity contribution is 0.0683. The molecule has 0 spiro atoms. The summed E-state index contributed by atoms with van der Waals surface area (Å²) in [4.78, 5) is 5.12. The van der Waals surface area contributed by atoms with Crippen LogP contribution in [0.2, 0.25) is 0 Å². The van der Waals surface area contributed by atoms with Gasteiger partial charge < -0.3 is 13.6 Å². The van der Waals surface area contributed by atoms with Gasteiger partial charge in [-0.05, 0) is 39.8 Å². The van der Waals surface area contributed by atoms with Crippen molar-refractivity contribution in [1.82, 2.24) is 4.98 Å². The molecule has 0 amide bonds. The van der Waals surface area contributed by atoms with Crippen molar-refractivity contribution in [2.45, 2.75) is 45.1 Å². The number of nitrogens with zero attached hydrogens (tertiary/aromatic N) is 1. The maximum absolute atomic E-state index is 7.32. The number of aromatic nitrogens is 1. The van der Waals surface area contributed by atoms with E-state index < -0.39 is 9.04 Å². The third-order valence-corrected chi connectivity index (χ3v) is 11.5. The maximum Gasteiger partial charge on any atom is 0.299 e. The lowest BCUT2D eigenvalue weighted by Crippen LogP contribution is -2.48. The van der Waals surface area contributed by atoms with Crippen molar-refractivity contribution in [3.05, 3.63) is 157 Å². The second-order valence-electron chi connectivity index (χ2n) is 13.4. The van der Waals surface area contributed by atoms with E-state index in [1.165, 1.54) is 21.5 Å². The standard InChI is InChI=1S/C42H41NO3Si/c1-42(2,3)36-26-16-21-32(38(36)46-47(34-22-12-6-13-23-34)35-24-14-7-15-25-35)29-33-27-28-44-40(33)41-43-37(30-17-8-4-9-18-30)39(45-41)31-19-10-5-11-20-31/h4-26,33,40,47H,27-29H2,1-3H3. The third-order valence-electron chi connectivity index (χ3n) is 9.01. The summed E-state index contributed by atoms with van der Waals surface area (Å²) in [6.07, 6.45) is 1.47. The molecule has 7 rings (SSSR count). The van der Waals surface area contributed by atoms with Crippen LogP contribution in [0, 0.1) is 5.92 Å². The van der Waals surface area contributed by atoms with Gasteiger partial charge in [0, 0.05) is 23.7 Å². The summed E-state index contributed by atoms with van der Waals surface area (Å²) in [5.41, 5.74) is 5.22. The summed E-state index contributed by atoms with van der Waals surface area (Å²) < 4.78 is 20.4. The molecule has 5 aromatic carbocycles. The van der Waals surface area contributed by atoms with Crippen molar-refractivity contribution in [1.29, 1.82) is 0 Å². The number of benzene rings is 5. The normalized spacial score (nSPS) is 16.4. The summed E-state index contributed by atoms with van der Waals surface area (Å²) in [6.45, 7) is 7.47. The molecule has 1 aliphatic heterocycles. The monoisotopic (exact) mass is 635 g/mol. The fraction of sp³-hybridized carbons (Fsp3) is 0.214. The predicted octanol–water partition coefficient (Wildman–Crippen LogP) is 8.54. The van der Waals surface area contributed by atoms with E-state index in [4.69, 9.17) is 18.6 Å². The van der Waals surface area contributed by atoms with Crippen molar-refractivity contribution in [3.8, 4) is 28.3 Å². The van der Waals surface area contributed by atoms with E-state index in [2.05, 4.69) is 124 Å². The van der Waals surface area contributed by atoms with Crippen LogP contribution in [-0.4, -0.2) is 20.6 Å². The average molecular weight is 636 g/mol. The van der Waals surface area contributed by atoms with Crippen LogP contribution in [0.25, 0.3) is 22.6 Å². The zero-order chi connectivity index (χ0) is 32.2. The molecule has 0 bridgehead atoms. The first kappa shape index (κ1) is 30.9. The van der Waals surface area contributed by atoms with Crippen LogP contribution >= 0.6 is 0 Å². The van der Waals surface area contributed by atoms with Gasteiger partial charge in [-0.15, -0.1) is 0 Å². The van der Waals surface area contributed by atoms with E-state index in [0.717, 1.165) is 41.2 Å². The van der Waals surface area contributed by atoms with Crippen molar-refractivity contribution in [2.24, 2.45) is 5.92 Å². The van der Waals surface area contributed by atoms with Crippen LogP contribution in [0.15, 0.2) is 144 Å². The molecule has 0 aliphatic carbocycles. The highest BCUT2D eigenvalue weighted by Gasteiger charge is 2.36. The zero-order valence-corrected chi connectivity index (χ0v) is 28.5. The minimum Gasteiger partial charge on any atom is -0.537 e. The lowest BCUT2D eigenvalue weighted by atomic mass is 9.83. The van der Waals surface area contributed by atoms with Gasteiger partial charge in [0.05, 0.1) is 0 Å². The molecule has 2 heterocycles. The van der Waals surface area contributed by atoms with E-state index in [1.807, 2.05) is 36.4 Å². The van der Waals surface area contributed by atoms with Gasteiger partial charge in [-0.2, -0.15) is 0 Å². The molecular formula is C42H41NO3Si. The molecule has 6 aromatic rings. The topological polar surface area (TPSA) is 44.5 Å². The fourth-order valence-electron chi connectivity index (χ4n) is 6.61. The third kappa shape index (κ3) is 6.73. The SMILES string of the molecule is CC(C)(C)c1cccc(CC2CCOC2c2nc(-c3ccccc3)c(-c3ccccc3)o2)c1O[SiH](c1ccccc1)c1ccccc1. The summed E-state index contributed by atoms with van der Waals surface area (Å²) in [5, 5.41) is 2.52. The van der Waals surface area contributed by atoms with Crippen LogP contribution in [0.4, 0.5) is 0 Å². The Morgan fingerprint density at radius 1 is 0.702 bits per heavy atom. The highest BCUT2D eigenvalue weighted by molar-refractivity contribution is 6.80. The molecule has 1 aliphatic rings. The zero-order valence-electron chi connectivity index (χ0n) is 27.3. The van der Waals surface area contributed by atoms with E-state index >= 15 is 0 Å². The molecule has 4 nitrogen and oxygen atoms in total. The number of ether oxygens (including phenoxy) is 1. The molecule has 2 unspecified atom stereocenters. The first-order valence-corrected chi connectivity index (χ1v) is 18.2. The van der Waals surface area contributed by atoms with Crippen molar-refractivity contribution in [3.63, 3.8) is 0 Å². The largest absolute Gasteiger partial charge is 0.537 e. The molecule has 1 aromatic heterocycles. The number of hydrogen-bond acceptors (Lipinski definition) is 4. The van der Waals surface area contributed by atoms with Crippen LogP contribution < -0.4 is 14.8 Å². The van der Waals surface area contributed by atoms with Crippen molar-refractivity contribution < 1.29 is 13.6 Å². The Bertz CT molecular complexity index is 1800. The van der Waals surface area contributed by atoms with Gasteiger partial charge in [-0.1, -0.05) is 160 Å². The highest BCUT2D eigenvalue weighted by Crippen LogP contribution is 2.43. The molecule has 47 heavy (non-hydrogen) atoms. The van der Waals surface area contributed by atoms with Gasteiger partial charge in [-0.25, -0.2) is 4.98 Å². The maximum atomic E-state index is 7.32. The van der Waals surface area contributed by atoms with Crippen LogP contribution in [0.5, 0.6) is 5.75 Å². The van der Waals surface area contributed by atoms with Gasteiger partial charge in [0.25, 0.3) is 9.04 Å². The smallest absolute Gasteiger partial charge is 0.299 e.